The van der Waals surface area contributed by atoms with Crippen LogP contribution in [0.15, 0.2) is 6.33 Å². The van der Waals surface area contributed by atoms with E-state index in [4.69, 9.17) is 9.47 Å². The van der Waals surface area contributed by atoms with E-state index in [1.54, 1.807) is 4.57 Å². The summed E-state index contributed by atoms with van der Waals surface area (Å²) in [5.74, 6) is -0.599. The van der Waals surface area contributed by atoms with Crippen molar-refractivity contribution < 1.29 is 19.1 Å². The van der Waals surface area contributed by atoms with Gasteiger partial charge >= 0.3 is 11.9 Å². The van der Waals surface area contributed by atoms with Gasteiger partial charge in [-0.15, -0.1) is 0 Å². The monoisotopic (exact) mass is 282 g/mol. The van der Waals surface area contributed by atoms with Gasteiger partial charge in [-0.1, -0.05) is 20.8 Å². The van der Waals surface area contributed by atoms with Crippen LogP contribution in [0.25, 0.3) is 0 Å². The molecule has 0 aliphatic rings. The van der Waals surface area contributed by atoms with E-state index in [9.17, 15) is 9.59 Å². The van der Waals surface area contributed by atoms with E-state index in [-0.39, 0.29) is 11.9 Å². The fourth-order valence-corrected chi connectivity index (χ4v) is 2.12. The standard InChI is InChI=1S/C14H22N2O4/c1-6-10-12(14(18)20-5)16(8-15-10)11(7-9(2)3)13(17)19-4/h8-9,11H,6-7H2,1-5H3/t11-/m0/s1. The second kappa shape index (κ2) is 7.07. The summed E-state index contributed by atoms with van der Waals surface area (Å²) in [6.45, 7) is 5.91. The Morgan fingerprint density at radius 1 is 1.30 bits per heavy atom. The van der Waals surface area contributed by atoms with E-state index in [2.05, 4.69) is 4.98 Å². The minimum atomic E-state index is -0.568. The van der Waals surface area contributed by atoms with Crippen LogP contribution in [-0.4, -0.2) is 35.7 Å². The van der Waals surface area contributed by atoms with Crippen molar-refractivity contribution in [3.05, 3.63) is 17.7 Å². The van der Waals surface area contributed by atoms with Gasteiger partial charge in [0, 0.05) is 0 Å². The van der Waals surface area contributed by atoms with Gasteiger partial charge in [0.05, 0.1) is 26.2 Å². The number of hydrogen-bond acceptors (Lipinski definition) is 5. The van der Waals surface area contributed by atoms with Gasteiger partial charge in [0.1, 0.15) is 6.04 Å². The minimum absolute atomic E-state index is 0.275. The van der Waals surface area contributed by atoms with Gasteiger partial charge in [0.25, 0.3) is 0 Å². The Bertz CT molecular complexity index is 480. The summed E-state index contributed by atoms with van der Waals surface area (Å²) in [6.07, 6.45) is 2.66. The highest BCUT2D eigenvalue weighted by atomic mass is 16.5. The summed E-state index contributed by atoms with van der Waals surface area (Å²) < 4.78 is 11.2. The third-order valence-electron chi connectivity index (χ3n) is 3.09. The van der Waals surface area contributed by atoms with Crippen LogP contribution in [0, 0.1) is 5.92 Å². The lowest BCUT2D eigenvalue weighted by Crippen LogP contribution is -2.25. The average Bonchev–Trinajstić information content (AvgIpc) is 2.86. The molecule has 0 spiro atoms. The lowest BCUT2D eigenvalue weighted by atomic mass is 10.0. The largest absolute Gasteiger partial charge is 0.467 e. The molecule has 6 nitrogen and oxygen atoms in total. The second-order valence-corrected chi connectivity index (χ2v) is 4.96. The first-order valence-electron chi connectivity index (χ1n) is 6.68. The molecule has 112 valence electrons. The maximum Gasteiger partial charge on any atom is 0.356 e. The Balaban J connectivity index is 3.29. The van der Waals surface area contributed by atoms with Gasteiger partial charge < -0.3 is 14.0 Å². The van der Waals surface area contributed by atoms with E-state index >= 15 is 0 Å². The molecular weight excluding hydrogens is 260 g/mol. The van der Waals surface area contributed by atoms with Crippen LogP contribution in [-0.2, 0) is 20.7 Å². The highest BCUT2D eigenvalue weighted by molar-refractivity contribution is 5.89. The number of imidazole rings is 1. The molecule has 1 aromatic rings. The molecule has 0 aromatic carbocycles. The minimum Gasteiger partial charge on any atom is -0.467 e. The number of carbonyl (C=O) groups is 2. The summed E-state index contributed by atoms with van der Waals surface area (Å²) >= 11 is 0. The molecule has 1 aromatic heterocycles. The predicted octanol–water partition coefficient (Wildman–Crippen LogP) is 1.99. The molecule has 0 fully saturated rings. The molecule has 0 saturated heterocycles. The van der Waals surface area contributed by atoms with Gasteiger partial charge in [-0.05, 0) is 18.8 Å². The highest BCUT2D eigenvalue weighted by Crippen LogP contribution is 2.23. The molecular formula is C14H22N2O4. The van der Waals surface area contributed by atoms with Crippen LogP contribution in [0.4, 0.5) is 0 Å². The van der Waals surface area contributed by atoms with E-state index < -0.39 is 12.0 Å². The van der Waals surface area contributed by atoms with E-state index in [1.807, 2.05) is 20.8 Å². The molecule has 0 N–H and O–H groups in total. The quantitative estimate of drug-likeness (QED) is 0.746. The first-order chi connectivity index (χ1) is 9.46. The molecule has 1 atom stereocenters. The number of methoxy groups -OCH3 is 2. The van der Waals surface area contributed by atoms with Crippen molar-refractivity contribution in [3.63, 3.8) is 0 Å². The molecule has 0 unspecified atom stereocenters. The maximum absolute atomic E-state index is 12.0. The van der Waals surface area contributed by atoms with Gasteiger partial charge in [-0.25, -0.2) is 14.6 Å². The Hall–Kier alpha value is -1.85. The normalized spacial score (nSPS) is 12.3. The van der Waals surface area contributed by atoms with Crippen molar-refractivity contribution in [1.29, 1.82) is 0 Å². The second-order valence-electron chi connectivity index (χ2n) is 4.96. The van der Waals surface area contributed by atoms with Crippen molar-refractivity contribution in [1.82, 2.24) is 9.55 Å². The SMILES string of the molecule is CCc1ncn([C@@H](CC(C)C)C(=O)OC)c1C(=O)OC. The third kappa shape index (κ3) is 3.37. The number of aromatic nitrogens is 2. The molecule has 0 radical (unpaired) electrons. The Kier molecular flexibility index (Phi) is 5.73. The molecule has 0 aliphatic heterocycles. The van der Waals surface area contributed by atoms with Gasteiger partial charge in [0.2, 0.25) is 0 Å². The molecule has 0 saturated carbocycles. The number of ether oxygens (including phenoxy) is 2. The fourth-order valence-electron chi connectivity index (χ4n) is 2.12. The van der Waals surface area contributed by atoms with Gasteiger partial charge in [-0.2, -0.15) is 0 Å². The number of aryl methyl sites for hydroxylation is 1. The number of carbonyl (C=O) groups excluding carboxylic acids is 2. The van der Waals surface area contributed by atoms with Crippen molar-refractivity contribution in [2.24, 2.45) is 5.92 Å². The summed E-state index contributed by atoms with van der Waals surface area (Å²) in [5, 5.41) is 0. The zero-order chi connectivity index (χ0) is 15.3. The fraction of sp³-hybridized carbons (Fsp3) is 0.643. The first kappa shape index (κ1) is 16.2. The van der Waals surface area contributed by atoms with Crippen molar-refractivity contribution in [2.75, 3.05) is 14.2 Å². The Morgan fingerprint density at radius 3 is 2.40 bits per heavy atom. The number of nitrogens with zero attached hydrogens (tertiary/aromatic N) is 2. The lowest BCUT2D eigenvalue weighted by molar-refractivity contribution is -0.145. The molecule has 1 rings (SSSR count). The van der Waals surface area contributed by atoms with Crippen LogP contribution in [0.2, 0.25) is 0 Å². The number of rotatable bonds is 6. The molecule has 1 heterocycles. The third-order valence-corrected chi connectivity index (χ3v) is 3.09. The zero-order valence-corrected chi connectivity index (χ0v) is 12.7. The van der Waals surface area contributed by atoms with Crippen LogP contribution >= 0.6 is 0 Å². The molecule has 6 heteroatoms. The molecule has 20 heavy (non-hydrogen) atoms. The maximum atomic E-state index is 12.0. The topological polar surface area (TPSA) is 70.4 Å². The number of esters is 2. The van der Waals surface area contributed by atoms with Crippen LogP contribution in [0.3, 0.4) is 0 Å². The molecule has 0 amide bonds. The van der Waals surface area contributed by atoms with Gasteiger partial charge in [0.15, 0.2) is 5.69 Å². The zero-order valence-electron chi connectivity index (χ0n) is 12.7. The van der Waals surface area contributed by atoms with Crippen molar-refractivity contribution in [2.45, 2.75) is 39.7 Å². The smallest absolute Gasteiger partial charge is 0.356 e. The van der Waals surface area contributed by atoms with Crippen LogP contribution in [0.1, 0.15) is 49.4 Å². The first-order valence-corrected chi connectivity index (χ1v) is 6.68. The Morgan fingerprint density at radius 2 is 1.95 bits per heavy atom. The van der Waals surface area contributed by atoms with Crippen LogP contribution < -0.4 is 0 Å². The lowest BCUT2D eigenvalue weighted by Gasteiger charge is -2.20. The summed E-state index contributed by atoms with van der Waals surface area (Å²) in [7, 11) is 2.65. The summed E-state index contributed by atoms with van der Waals surface area (Å²) in [5.41, 5.74) is 0.945. The highest BCUT2D eigenvalue weighted by Gasteiger charge is 2.29. The Labute approximate surface area is 119 Å². The summed E-state index contributed by atoms with van der Waals surface area (Å²) in [4.78, 5) is 28.1. The predicted molar refractivity (Wildman–Crippen MR) is 73.5 cm³/mol. The molecule has 0 bridgehead atoms. The molecule has 0 aliphatic carbocycles. The number of hydrogen-bond donors (Lipinski definition) is 0. The van der Waals surface area contributed by atoms with Crippen molar-refractivity contribution >= 4 is 11.9 Å². The van der Waals surface area contributed by atoms with Crippen molar-refractivity contribution in [3.8, 4) is 0 Å². The van der Waals surface area contributed by atoms with Gasteiger partial charge in [-0.3, -0.25) is 0 Å². The van der Waals surface area contributed by atoms with E-state index in [0.717, 1.165) is 0 Å². The van der Waals surface area contributed by atoms with E-state index in [0.29, 0.717) is 24.2 Å². The summed E-state index contributed by atoms with van der Waals surface area (Å²) in [6, 6.07) is -0.568. The van der Waals surface area contributed by atoms with E-state index in [1.165, 1.54) is 20.5 Å². The average molecular weight is 282 g/mol. The van der Waals surface area contributed by atoms with Crippen LogP contribution in [0.5, 0.6) is 0 Å².